The van der Waals surface area contributed by atoms with Gasteiger partial charge in [-0.25, -0.2) is 0 Å². The Morgan fingerprint density at radius 3 is 3.13 bits per heavy atom. The highest BCUT2D eigenvalue weighted by Crippen LogP contribution is 2.29. The summed E-state index contributed by atoms with van der Waals surface area (Å²) in [6, 6.07) is 0.546. The summed E-state index contributed by atoms with van der Waals surface area (Å²) in [6.07, 6.45) is 6.99. The summed E-state index contributed by atoms with van der Waals surface area (Å²) in [4.78, 5) is 0. The van der Waals surface area contributed by atoms with Crippen molar-refractivity contribution in [2.75, 3.05) is 6.54 Å². The summed E-state index contributed by atoms with van der Waals surface area (Å²) in [5, 5.41) is 8.04. The minimum absolute atomic E-state index is 0.546. The van der Waals surface area contributed by atoms with Crippen LogP contribution in [0, 0.1) is 0 Å². The molecule has 0 aliphatic heterocycles. The molecule has 1 aromatic heterocycles. The lowest BCUT2D eigenvalue weighted by Crippen LogP contribution is -2.25. The number of aromatic nitrogens is 2. The minimum atomic E-state index is 0.546. The van der Waals surface area contributed by atoms with Crippen LogP contribution in [0.5, 0.6) is 0 Å². The lowest BCUT2D eigenvalue weighted by molar-refractivity contribution is 0.455. The van der Waals surface area contributed by atoms with Gasteiger partial charge in [0.15, 0.2) is 0 Å². The summed E-state index contributed by atoms with van der Waals surface area (Å²) in [7, 11) is 0. The third-order valence-electron chi connectivity index (χ3n) is 3.15. The Hall–Kier alpha value is -0.830. The molecule has 0 fully saturated rings. The van der Waals surface area contributed by atoms with E-state index in [4.69, 9.17) is 0 Å². The molecule has 1 aliphatic rings. The van der Waals surface area contributed by atoms with E-state index < -0.39 is 0 Å². The van der Waals surface area contributed by atoms with Gasteiger partial charge in [-0.2, -0.15) is 5.10 Å². The third-order valence-corrected chi connectivity index (χ3v) is 3.15. The highest BCUT2D eigenvalue weighted by atomic mass is 15.3. The smallest absolute Gasteiger partial charge is 0.0540 e. The molecule has 1 aliphatic carbocycles. The Kier molecular flexibility index (Phi) is 3.41. The lowest BCUT2D eigenvalue weighted by atomic mass is 9.93. The van der Waals surface area contributed by atoms with Gasteiger partial charge in [-0.05, 0) is 32.2 Å². The van der Waals surface area contributed by atoms with E-state index in [0.717, 1.165) is 13.1 Å². The monoisotopic (exact) mass is 207 g/mol. The number of nitrogens with zero attached hydrogens (tertiary/aromatic N) is 2. The molecule has 84 valence electrons. The van der Waals surface area contributed by atoms with Gasteiger partial charge in [0.1, 0.15) is 0 Å². The van der Waals surface area contributed by atoms with Crippen molar-refractivity contribution in [3.8, 4) is 0 Å². The van der Waals surface area contributed by atoms with Crippen LogP contribution in [0.25, 0.3) is 0 Å². The van der Waals surface area contributed by atoms with Crippen LogP contribution in [0.2, 0.25) is 0 Å². The van der Waals surface area contributed by atoms with Crippen molar-refractivity contribution in [3.05, 3.63) is 17.5 Å². The SMILES string of the molecule is CCCn1ncc2c1CCCC2NCC. The molecule has 1 unspecified atom stereocenters. The fourth-order valence-corrected chi connectivity index (χ4v) is 2.48. The topological polar surface area (TPSA) is 29.9 Å². The molecule has 1 N–H and O–H groups in total. The molecular weight excluding hydrogens is 186 g/mol. The fourth-order valence-electron chi connectivity index (χ4n) is 2.48. The molecule has 0 bridgehead atoms. The highest BCUT2D eigenvalue weighted by Gasteiger charge is 2.22. The number of aryl methyl sites for hydroxylation is 1. The second kappa shape index (κ2) is 4.79. The maximum absolute atomic E-state index is 4.50. The second-order valence-electron chi connectivity index (χ2n) is 4.27. The van der Waals surface area contributed by atoms with Crippen molar-refractivity contribution in [2.45, 2.75) is 52.1 Å². The Bertz CT molecular complexity index is 317. The molecule has 15 heavy (non-hydrogen) atoms. The lowest BCUT2D eigenvalue weighted by Gasteiger charge is -2.23. The zero-order chi connectivity index (χ0) is 10.7. The number of hydrogen-bond donors (Lipinski definition) is 1. The molecule has 3 heteroatoms. The molecule has 0 saturated carbocycles. The van der Waals surface area contributed by atoms with Crippen LogP contribution in [-0.4, -0.2) is 16.3 Å². The van der Waals surface area contributed by atoms with Crippen LogP contribution in [0.15, 0.2) is 6.20 Å². The molecule has 1 heterocycles. The molecule has 2 rings (SSSR count). The summed E-state index contributed by atoms with van der Waals surface area (Å²) >= 11 is 0. The first-order valence-corrected chi connectivity index (χ1v) is 6.14. The van der Waals surface area contributed by atoms with E-state index in [1.807, 2.05) is 0 Å². The third kappa shape index (κ3) is 2.07. The Morgan fingerprint density at radius 2 is 2.40 bits per heavy atom. The van der Waals surface area contributed by atoms with Crippen molar-refractivity contribution in [2.24, 2.45) is 0 Å². The fraction of sp³-hybridized carbons (Fsp3) is 0.750. The number of rotatable bonds is 4. The van der Waals surface area contributed by atoms with Gasteiger partial charge in [0.2, 0.25) is 0 Å². The van der Waals surface area contributed by atoms with Gasteiger partial charge in [0, 0.05) is 23.8 Å². The first-order valence-electron chi connectivity index (χ1n) is 6.14. The van der Waals surface area contributed by atoms with Gasteiger partial charge < -0.3 is 5.32 Å². The summed E-state index contributed by atoms with van der Waals surface area (Å²) in [6.45, 7) is 6.49. The van der Waals surface area contributed by atoms with Crippen LogP contribution >= 0.6 is 0 Å². The van der Waals surface area contributed by atoms with E-state index in [2.05, 4.69) is 35.1 Å². The van der Waals surface area contributed by atoms with Gasteiger partial charge in [-0.3, -0.25) is 4.68 Å². The number of nitrogens with one attached hydrogen (secondary N) is 1. The van der Waals surface area contributed by atoms with Crippen molar-refractivity contribution in [3.63, 3.8) is 0 Å². The Morgan fingerprint density at radius 1 is 1.53 bits per heavy atom. The van der Waals surface area contributed by atoms with Gasteiger partial charge in [-0.15, -0.1) is 0 Å². The van der Waals surface area contributed by atoms with Crippen LogP contribution in [0.1, 0.15) is 50.4 Å². The molecule has 0 amide bonds. The number of hydrogen-bond acceptors (Lipinski definition) is 2. The second-order valence-corrected chi connectivity index (χ2v) is 4.27. The molecule has 0 saturated heterocycles. The van der Waals surface area contributed by atoms with Crippen LogP contribution in [0.3, 0.4) is 0 Å². The Labute approximate surface area is 91.9 Å². The van der Waals surface area contributed by atoms with E-state index in [-0.39, 0.29) is 0 Å². The highest BCUT2D eigenvalue weighted by molar-refractivity contribution is 5.24. The predicted octanol–water partition coefficient (Wildman–Crippen LogP) is 2.28. The van der Waals surface area contributed by atoms with E-state index in [0.29, 0.717) is 6.04 Å². The predicted molar refractivity (Wildman–Crippen MR) is 61.9 cm³/mol. The molecule has 1 aromatic rings. The van der Waals surface area contributed by atoms with E-state index >= 15 is 0 Å². The Balaban J connectivity index is 2.21. The molecule has 0 radical (unpaired) electrons. The molecule has 0 spiro atoms. The van der Waals surface area contributed by atoms with Crippen molar-refractivity contribution in [1.82, 2.24) is 15.1 Å². The van der Waals surface area contributed by atoms with E-state index in [1.165, 1.54) is 36.9 Å². The van der Waals surface area contributed by atoms with Gasteiger partial charge in [-0.1, -0.05) is 13.8 Å². The van der Waals surface area contributed by atoms with Crippen molar-refractivity contribution >= 4 is 0 Å². The van der Waals surface area contributed by atoms with Crippen molar-refractivity contribution < 1.29 is 0 Å². The largest absolute Gasteiger partial charge is 0.310 e. The first kappa shape index (κ1) is 10.7. The quantitative estimate of drug-likeness (QED) is 0.821. The summed E-state index contributed by atoms with van der Waals surface area (Å²) in [5.74, 6) is 0. The van der Waals surface area contributed by atoms with Crippen LogP contribution in [-0.2, 0) is 13.0 Å². The van der Waals surface area contributed by atoms with Crippen LogP contribution in [0.4, 0.5) is 0 Å². The molecule has 0 aromatic carbocycles. The average Bonchev–Trinajstić information content (AvgIpc) is 2.64. The van der Waals surface area contributed by atoms with E-state index in [9.17, 15) is 0 Å². The maximum atomic E-state index is 4.50. The van der Waals surface area contributed by atoms with E-state index in [1.54, 1.807) is 0 Å². The average molecular weight is 207 g/mol. The van der Waals surface area contributed by atoms with Gasteiger partial charge in [0.05, 0.1) is 6.20 Å². The maximum Gasteiger partial charge on any atom is 0.0540 e. The molecule has 3 nitrogen and oxygen atoms in total. The van der Waals surface area contributed by atoms with Gasteiger partial charge in [0.25, 0.3) is 0 Å². The zero-order valence-corrected chi connectivity index (χ0v) is 9.79. The molecular formula is C12H21N3. The zero-order valence-electron chi connectivity index (χ0n) is 9.79. The first-order chi connectivity index (χ1) is 7.36. The normalized spacial score (nSPS) is 20.3. The van der Waals surface area contributed by atoms with Crippen molar-refractivity contribution in [1.29, 1.82) is 0 Å². The van der Waals surface area contributed by atoms with Crippen LogP contribution < -0.4 is 5.32 Å². The van der Waals surface area contributed by atoms with Gasteiger partial charge >= 0.3 is 0 Å². The molecule has 1 atom stereocenters. The minimum Gasteiger partial charge on any atom is -0.310 e. The standard InChI is InChI=1S/C12H21N3/c1-3-8-15-12-7-5-6-11(13-4-2)10(12)9-14-15/h9,11,13H,3-8H2,1-2H3. The summed E-state index contributed by atoms with van der Waals surface area (Å²) in [5.41, 5.74) is 2.91. The summed E-state index contributed by atoms with van der Waals surface area (Å²) < 4.78 is 2.19. The number of fused-ring (bicyclic) bond motifs is 1.